The van der Waals surface area contributed by atoms with Crippen LogP contribution in [0.1, 0.15) is 50.3 Å². The van der Waals surface area contributed by atoms with E-state index in [2.05, 4.69) is 4.90 Å². The summed E-state index contributed by atoms with van der Waals surface area (Å²) in [5.41, 5.74) is -1.28. The van der Waals surface area contributed by atoms with E-state index in [-0.39, 0.29) is 17.9 Å². The van der Waals surface area contributed by atoms with E-state index in [0.717, 1.165) is 17.7 Å². The van der Waals surface area contributed by atoms with Gasteiger partial charge in [0, 0.05) is 31.9 Å². The van der Waals surface area contributed by atoms with Crippen molar-refractivity contribution in [1.82, 2.24) is 9.47 Å². The van der Waals surface area contributed by atoms with Crippen molar-refractivity contribution in [2.75, 3.05) is 26.7 Å². The number of likely N-dealkylation sites (tertiary alicyclic amines) is 1. The van der Waals surface area contributed by atoms with Gasteiger partial charge in [0.05, 0.1) is 12.7 Å². The van der Waals surface area contributed by atoms with Gasteiger partial charge in [-0.1, -0.05) is 13.8 Å². The van der Waals surface area contributed by atoms with Gasteiger partial charge in [-0.15, -0.1) is 0 Å². The van der Waals surface area contributed by atoms with Crippen molar-refractivity contribution in [2.24, 2.45) is 11.3 Å². The Balaban J connectivity index is 1.89. The number of halogens is 3. The highest BCUT2D eigenvalue weighted by molar-refractivity contribution is 5.74. The van der Waals surface area contributed by atoms with E-state index in [1.807, 2.05) is 13.8 Å². The number of carbonyl (C=O) groups is 1. The van der Waals surface area contributed by atoms with Gasteiger partial charge >= 0.3 is 12.1 Å². The molecule has 1 spiro atoms. The van der Waals surface area contributed by atoms with Gasteiger partial charge in [-0.05, 0) is 42.6 Å². The third-order valence-electron chi connectivity index (χ3n) is 5.74. The predicted octanol–water partition coefficient (Wildman–Crippen LogP) is 3.27. The number of ether oxygens (including phenoxy) is 1. The summed E-state index contributed by atoms with van der Waals surface area (Å²) in [5, 5.41) is 0. The van der Waals surface area contributed by atoms with E-state index in [1.54, 1.807) is 0 Å². The number of alkyl halides is 3. The van der Waals surface area contributed by atoms with Gasteiger partial charge in [0.15, 0.2) is 0 Å². The second-order valence-electron chi connectivity index (χ2n) is 8.58. The Labute approximate surface area is 162 Å². The fraction of sp³-hybridized carbons (Fsp3) is 0.700. The van der Waals surface area contributed by atoms with Crippen LogP contribution in [0, 0.1) is 11.3 Å². The van der Waals surface area contributed by atoms with Crippen LogP contribution >= 0.6 is 0 Å². The highest BCUT2D eigenvalue weighted by Crippen LogP contribution is 2.52. The molecule has 2 aliphatic rings. The van der Waals surface area contributed by atoms with E-state index in [4.69, 9.17) is 4.74 Å². The summed E-state index contributed by atoms with van der Waals surface area (Å²) in [4.78, 5) is 26.8. The smallest absolute Gasteiger partial charge is 0.416 e. The van der Waals surface area contributed by atoms with Gasteiger partial charge in [-0.25, -0.2) is 4.79 Å². The van der Waals surface area contributed by atoms with Gasteiger partial charge in [-0.2, -0.15) is 13.2 Å². The predicted molar refractivity (Wildman–Crippen MR) is 98.0 cm³/mol. The van der Waals surface area contributed by atoms with E-state index in [1.165, 1.54) is 26.1 Å². The molecule has 0 radical (unpaired) electrons. The zero-order valence-corrected chi connectivity index (χ0v) is 16.5. The van der Waals surface area contributed by atoms with E-state index < -0.39 is 29.3 Å². The first-order chi connectivity index (χ1) is 13.0. The number of rotatable bonds is 7. The zero-order chi connectivity index (χ0) is 20.7. The number of pyridine rings is 1. The van der Waals surface area contributed by atoms with Crippen molar-refractivity contribution < 1.29 is 22.7 Å². The number of nitrogens with zero attached hydrogens (tertiary/aromatic N) is 2. The Bertz CT molecular complexity index is 789. The third-order valence-corrected chi connectivity index (χ3v) is 5.74. The minimum Gasteiger partial charge on any atom is -0.467 e. The van der Waals surface area contributed by atoms with E-state index >= 15 is 0 Å². The molecule has 1 aliphatic heterocycles. The maximum Gasteiger partial charge on any atom is 0.416 e. The molecule has 1 aromatic heterocycles. The van der Waals surface area contributed by atoms with Gasteiger partial charge in [0.25, 0.3) is 5.56 Å². The molecule has 2 fully saturated rings. The number of carbonyl (C=O) groups excluding carboxylic acids is 1. The molecule has 1 aliphatic carbocycles. The van der Waals surface area contributed by atoms with Crippen molar-refractivity contribution in [1.29, 1.82) is 0 Å². The molecule has 1 saturated carbocycles. The number of hydrogen-bond donors (Lipinski definition) is 0. The average molecular weight is 400 g/mol. The van der Waals surface area contributed by atoms with Gasteiger partial charge in [-0.3, -0.25) is 4.79 Å². The normalized spacial score (nSPS) is 19.5. The van der Waals surface area contributed by atoms with Crippen molar-refractivity contribution in [3.8, 4) is 0 Å². The minimum absolute atomic E-state index is 0.0431. The Morgan fingerprint density at radius 1 is 1.29 bits per heavy atom. The first kappa shape index (κ1) is 20.9. The third kappa shape index (κ3) is 4.42. The highest BCUT2D eigenvalue weighted by atomic mass is 19.4. The van der Waals surface area contributed by atoms with Crippen LogP contribution in [0.4, 0.5) is 13.2 Å². The van der Waals surface area contributed by atoms with Gasteiger partial charge < -0.3 is 14.2 Å². The molecule has 156 valence electrons. The quantitative estimate of drug-likeness (QED) is 0.660. The van der Waals surface area contributed by atoms with E-state index in [0.29, 0.717) is 24.4 Å². The topological polar surface area (TPSA) is 51.5 Å². The largest absolute Gasteiger partial charge is 0.467 e. The van der Waals surface area contributed by atoms with Gasteiger partial charge in [0.2, 0.25) is 0 Å². The Morgan fingerprint density at radius 2 is 1.93 bits per heavy atom. The fourth-order valence-electron chi connectivity index (χ4n) is 4.04. The lowest BCUT2D eigenvalue weighted by Gasteiger charge is -2.40. The summed E-state index contributed by atoms with van der Waals surface area (Å²) in [6.07, 6.45) is -0.496. The molecule has 28 heavy (non-hydrogen) atoms. The fourth-order valence-corrected chi connectivity index (χ4v) is 4.04. The molecule has 0 amide bonds. The Hall–Kier alpha value is -1.83. The summed E-state index contributed by atoms with van der Waals surface area (Å²) in [6.45, 7) is 6.14. The number of methoxy groups -OCH3 is 1. The molecular formula is C20H27F3N2O3. The van der Waals surface area contributed by atoms with Crippen LogP contribution in [0.15, 0.2) is 17.1 Å². The van der Waals surface area contributed by atoms with Crippen LogP contribution in [0.5, 0.6) is 0 Å². The zero-order valence-electron chi connectivity index (χ0n) is 16.5. The second-order valence-corrected chi connectivity index (χ2v) is 8.58. The molecule has 0 aromatic carbocycles. The van der Waals surface area contributed by atoms with Gasteiger partial charge in [0.1, 0.15) is 6.04 Å². The maximum absolute atomic E-state index is 13.5. The molecule has 0 bridgehead atoms. The lowest BCUT2D eigenvalue weighted by atomic mass is 9.95. The lowest BCUT2D eigenvalue weighted by Crippen LogP contribution is -2.49. The maximum atomic E-state index is 13.5. The molecular weight excluding hydrogens is 373 g/mol. The van der Waals surface area contributed by atoms with Crippen LogP contribution in [0.2, 0.25) is 0 Å². The van der Waals surface area contributed by atoms with Crippen molar-refractivity contribution in [2.45, 2.75) is 51.7 Å². The number of hydrogen-bond acceptors (Lipinski definition) is 4. The molecule has 2 heterocycles. The first-order valence-electron chi connectivity index (χ1n) is 9.67. The van der Waals surface area contributed by atoms with E-state index in [9.17, 15) is 22.8 Å². The van der Waals surface area contributed by atoms with Crippen molar-refractivity contribution in [3.05, 3.63) is 33.7 Å². The van der Waals surface area contributed by atoms with Crippen LogP contribution < -0.4 is 5.56 Å². The molecule has 3 rings (SSSR count). The number of aromatic nitrogens is 1. The van der Waals surface area contributed by atoms with Crippen LogP contribution in [-0.2, 0) is 22.1 Å². The Morgan fingerprint density at radius 3 is 2.43 bits per heavy atom. The molecule has 1 aromatic rings. The standard InChI is InChI=1S/C20H27F3N2O3/c1-13(2)8-16(18(27)28-3)25-10-14(15(9-17(25)26)20(21,22)23)4-7-24-11-19(12-24)5-6-19/h9-10,13,16H,4-8,11-12H2,1-3H3. The first-order valence-corrected chi connectivity index (χ1v) is 9.67. The Kier molecular flexibility index (Phi) is 5.62. The minimum atomic E-state index is -4.61. The van der Waals surface area contributed by atoms with Crippen molar-refractivity contribution >= 4 is 5.97 Å². The molecule has 1 unspecified atom stereocenters. The van der Waals surface area contributed by atoms with Crippen LogP contribution in [-0.4, -0.2) is 42.2 Å². The van der Waals surface area contributed by atoms with Crippen LogP contribution in [0.25, 0.3) is 0 Å². The summed E-state index contributed by atoms with van der Waals surface area (Å²) in [5.74, 6) is -0.558. The molecule has 5 nitrogen and oxygen atoms in total. The SMILES string of the molecule is COC(=O)C(CC(C)C)n1cc(CCN2CC3(CC3)C2)c(C(F)(F)F)cc1=O. The van der Waals surface area contributed by atoms with Crippen LogP contribution in [0.3, 0.4) is 0 Å². The highest BCUT2D eigenvalue weighted by Gasteiger charge is 2.51. The lowest BCUT2D eigenvalue weighted by molar-refractivity contribution is -0.145. The molecule has 8 heteroatoms. The summed E-state index contributed by atoms with van der Waals surface area (Å²) in [7, 11) is 1.21. The average Bonchev–Trinajstić information content (AvgIpc) is 3.37. The summed E-state index contributed by atoms with van der Waals surface area (Å²) in [6, 6.07) is -0.318. The summed E-state index contributed by atoms with van der Waals surface area (Å²) < 4.78 is 46.4. The number of esters is 1. The van der Waals surface area contributed by atoms with Crippen molar-refractivity contribution in [3.63, 3.8) is 0 Å². The summed E-state index contributed by atoms with van der Waals surface area (Å²) >= 11 is 0. The molecule has 0 N–H and O–H groups in total. The molecule has 1 saturated heterocycles. The monoisotopic (exact) mass is 400 g/mol. The second kappa shape index (κ2) is 7.54. The molecule has 1 atom stereocenters.